The normalized spacial score (nSPS) is 15.8. The van der Waals surface area contributed by atoms with Crippen molar-refractivity contribution in [3.8, 4) is 11.4 Å². The van der Waals surface area contributed by atoms with Crippen molar-refractivity contribution in [3.05, 3.63) is 78.1 Å². The smallest absolute Gasteiger partial charge is 0.255 e. The summed E-state index contributed by atoms with van der Waals surface area (Å²) in [5.41, 5.74) is 2.24. The molecule has 0 aliphatic carbocycles. The second kappa shape index (κ2) is 13.0. The van der Waals surface area contributed by atoms with E-state index in [4.69, 9.17) is 4.74 Å². The number of amides is 3. The van der Waals surface area contributed by atoms with Crippen molar-refractivity contribution in [2.24, 2.45) is 0 Å². The molecule has 0 saturated carbocycles. The van der Waals surface area contributed by atoms with Gasteiger partial charge in [-0.05, 0) is 31.9 Å². The zero-order valence-corrected chi connectivity index (χ0v) is 22.0. The van der Waals surface area contributed by atoms with Crippen LogP contribution in [-0.2, 0) is 20.7 Å². The number of hydrogen-bond acceptors (Lipinski definition) is 5. The lowest BCUT2D eigenvalue weighted by atomic mass is 10.1. The zero-order valence-electron chi connectivity index (χ0n) is 22.0. The Hall–Kier alpha value is -3.98. The number of benzene rings is 2. The van der Waals surface area contributed by atoms with Gasteiger partial charge in [0.25, 0.3) is 5.91 Å². The van der Waals surface area contributed by atoms with E-state index in [9.17, 15) is 14.4 Å². The van der Waals surface area contributed by atoms with Crippen molar-refractivity contribution in [2.75, 3.05) is 45.9 Å². The summed E-state index contributed by atoms with van der Waals surface area (Å²) in [6, 6.07) is 17.2. The van der Waals surface area contributed by atoms with E-state index in [1.807, 2.05) is 56.3 Å². The minimum atomic E-state index is -0.503. The first-order valence-corrected chi connectivity index (χ1v) is 13.1. The second-order valence-electron chi connectivity index (χ2n) is 9.24. The molecule has 1 aromatic heterocycles. The summed E-state index contributed by atoms with van der Waals surface area (Å²) in [6.07, 6.45) is 3.52. The lowest BCUT2D eigenvalue weighted by Crippen LogP contribution is -2.41. The molecule has 1 unspecified atom stereocenters. The van der Waals surface area contributed by atoms with Crippen LogP contribution < -0.4 is 0 Å². The molecule has 3 amide bonds. The Morgan fingerprint density at radius 3 is 2.50 bits per heavy atom. The predicted octanol–water partition coefficient (Wildman–Crippen LogP) is 2.86. The highest BCUT2D eigenvalue weighted by Crippen LogP contribution is 2.23. The lowest BCUT2D eigenvalue weighted by Gasteiger charge is -2.26. The molecular formula is C29H35N5O4. The van der Waals surface area contributed by atoms with E-state index in [0.29, 0.717) is 49.6 Å². The van der Waals surface area contributed by atoms with Crippen molar-refractivity contribution in [1.82, 2.24) is 24.7 Å². The molecule has 4 rings (SSSR count). The van der Waals surface area contributed by atoms with Crippen LogP contribution in [0.2, 0.25) is 0 Å². The van der Waals surface area contributed by atoms with E-state index >= 15 is 0 Å². The highest BCUT2D eigenvalue weighted by atomic mass is 16.5. The molecule has 3 aromatic rings. The number of ether oxygens (including phenoxy) is 1. The van der Waals surface area contributed by atoms with Gasteiger partial charge < -0.3 is 24.4 Å². The monoisotopic (exact) mass is 517 g/mol. The van der Waals surface area contributed by atoms with Gasteiger partial charge in [0.15, 0.2) is 0 Å². The van der Waals surface area contributed by atoms with Crippen LogP contribution >= 0.6 is 0 Å². The van der Waals surface area contributed by atoms with E-state index in [0.717, 1.165) is 5.56 Å². The van der Waals surface area contributed by atoms with Gasteiger partial charge in [0, 0.05) is 50.7 Å². The molecule has 9 heteroatoms. The van der Waals surface area contributed by atoms with Gasteiger partial charge >= 0.3 is 0 Å². The fourth-order valence-corrected chi connectivity index (χ4v) is 4.68. The van der Waals surface area contributed by atoms with E-state index in [1.165, 1.54) is 4.90 Å². The minimum Gasteiger partial charge on any atom is -0.365 e. The molecule has 9 nitrogen and oxygen atoms in total. The minimum absolute atomic E-state index is 0.0655. The first-order chi connectivity index (χ1) is 18.5. The van der Waals surface area contributed by atoms with Gasteiger partial charge in [-0.2, -0.15) is 0 Å². The molecule has 2 aromatic carbocycles. The number of rotatable bonds is 10. The summed E-state index contributed by atoms with van der Waals surface area (Å²) in [5, 5.41) is 0. The first kappa shape index (κ1) is 27.1. The summed E-state index contributed by atoms with van der Waals surface area (Å²) in [6.45, 7) is 5.88. The second-order valence-corrected chi connectivity index (χ2v) is 9.24. The van der Waals surface area contributed by atoms with Crippen LogP contribution in [0.15, 0.2) is 67.0 Å². The first-order valence-electron chi connectivity index (χ1n) is 13.1. The molecule has 200 valence electrons. The number of imidazole rings is 1. The molecule has 0 spiro atoms. The van der Waals surface area contributed by atoms with Gasteiger partial charge in [-0.25, -0.2) is 4.98 Å². The van der Waals surface area contributed by atoms with E-state index < -0.39 is 6.10 Å². The summed E-state index contributed by atoms with van der Waals surface area (Å²) in [7, 11) is 0. The average Bonchev–Trinajstić information content (AvgIpc) is 3.43. The third kappa shape index (κ3) is 6.66. The van der Waals surface area contributed by atoms with Crippen molar-refractivity contribution < 1.29 is 19.1 Å². The topological polar surface area (TPSA) is 98.8 Å². The van der Waals surface area contributed by atoms with Crippen LogP contribution in [0.5, 0.6) is 0 Å². The predicted molar refractivity (Wildman–Crippen MR) is 144 cm³/mol. The van der Waals surface area contributed by atoms with E-state index in [2.05, 4.69) is 9.97 Å². The number of H-pyrrole nitrogens is 1. The largest absolute Gasteiger partial charge is 0.365 e. The fourth-order valence-electron chi connectivity index (χ4n) is 4.68. The number of carbonyl (C=O) groups is 3. The van der Waals surface area contributed by atoms with Gasteiger partial charge in [0.05, 0.1) is 11.7 Å². The molecule has 38 heavy (non-hydrogen) atoms. The van der Waals surface area contributed by atoms with Crippen LogP contribution in [0, 0.1) is 0 Å². The number of carbonyl (C=O) groups excluding carboxylic acids is 3. The number of aromatic amines is 1. The maximum absolute atomic E-state index is 13.8. The third-order valence-electron chi connectivity index (χ3n) is 6.80. The molecular weight excluding hydrogens is 482 g/mol. The lowest BCUT2D eigenvalue weighted by molar-refractivity contribution is -0.138. The summed E-state index contributed by atoms with van der Waals surface area (Å²) in [5.74, 6) is 0.0458. The van der Waals surface area contributed by atoms with Gasteiger partial charge in [-0.15, -0.1) is 0 Å². The number of aromatic nitrogens is 2. The van der Waals surface area contributed by atoms with Crippen LogP contribution in [0.25, 0.3) is 11.4 Å². The van der Waals surface area contributed by atoms with Crippen LogP contribution in [0.1, 0.15) is 29.8 Å². The van der Waals surface area contributed by atoms with Crippen molar-refractivity contribution in [2.45, 2.75) is 26.4 Å². The molecule has 0 radical (unpaired) electrons. The van der Waals surface area contributed by atoms with Gasteiger partial charge in [0.2, 0.25) is 11.8 Å². The Kier molecular flexibility index (Phi) is 9.26. The standard InChI is InChI=1S/C29H35N5O4/c1-3-32(4-2)27(36)21-38-23-18-33(17-14-22-10-6-5-7-11-22)26(35)20-34(19-23)29(37)25-13-9-8-12-24(25)28-30-15-16-31-28/h5-13,15-16,23H,3-4,14,17-21H2,1-2H3,(H,30,31). The van der Waals surface area contributed by atoms with Crippen molar-refractivity contribution in [1.29, 1.82) is 0 Å². The SMILES string of the molecule is CCN(CC)C(=O)COC1CN(CCc2ccccc2)C(=O)CN(C(=O)c2ccccc2-c2ncc[nH]2)C1. The number of likely N-dealkylation sites (N-methyl/N-ethyl adjacent to an activating group) is 1. The molecule has 1 N–H and O–H groups in total. The Morgan fingerprint density at radius 1 is 1.05 bits per heavy atom. The van der Waals surface area contributed by atoms with Gasteiger partial charge in [-0.1, -0.05) is 48.5 Å². The molecule has 1 atom stereocenters. The summed E-state index contributed by atoms with van der Waals surface area (Å²) in [4.78, 5) is 52.1. The maximum atomic E-state index is 13.8. The number of nitrogens with one attached hydrogen (secondary N) is 1. The Labute approximate surface area is 223 Å². The van der Waals surface area contributed by atoms with Crippen LogP contribution in [-0.4, -0.2) is 94.4 Å². The Bertz CT molecular complexity index is 1210. The highest BCUT2D eigenvalue weighted by Gasteiger charge is 2.32. The number of hydrogen-bond donors (Lipinski definition) is 1. The molecule has 1 aliphatic rings. The Balaban J connectivity index is 1.55. The Morgan fingerprint density at radius 2 is 1.79 bits per heavy atom. The molecule has 1 fully saturated rings. The number of nitrogens with zero attached hydrogens (tertiary/aromatic N) is 4. The fraction of sp³-hybridized carbons (Fsp3) is 0.379. The van der Waals surface area contributed by atoms with Crippen molar-refractivity contribution in [3.63, 3.8) is 0 Å². The molecule has 1 aliphatic heterocycles. The maximum Gasteiger partial charge on any atom is 0.255 e. The highest BCUT2D eigenvalue weighted by molar-refractivity contribution is 6.01. The average molecular weight is 518 g/mol. The van der Waals surface area contributed by atoms with Crippen molar-refractivity contribution >= 4 is 17.7 Å². The molecule has 1 saturated heterocycles. The van der Waals surface area contributed by atoms with Gasteiger partial charge in [-0.3, -0.25) is 14.4 Å². The van der Waals surface area contributed by atoms with Crippen LogP contribution in [0.3, 0.4) is 0 Å². The zero-order chi connectivity index (χ0) is 26.9. The molecule has 2 heterocycles. The summed E-state index contributed by atoms with van der Waals surface area (Å²) >= 11 is 0. The third-order valence-corrected chi connectivity index (χ3v) is 6.80. The van der Waals surface area contributed by atoms with Crippen LogP contribution in [0.4, 0.5) is 0 Å². The molecule has 0 bridgehead atoms. The van der Waals surface area contributed by atoms with E-state index in [-0.39, 0.29) is 37.4 Å². The quantitative estimate of drug-likeness (QED) is 0.446. The summed E-state index contributed by atoms with van der Waals surface area (Å²) < 4.78 is 6.06. The van der Waals surface area contributed by atoms with E-state index in [1.54, 1.807) is 34.3 Å². The van der Waals surface area contributed by atoms with Gasteiger partial charge in [0.1, 0.15) is 19.0 Å².